The van der Waals surface area contributed by atoms with Gasteiger partial charge < -0.3 is 16.0 Å². The van der Waals surface area contributed by atoms with Crippen LogP contribution >= 0.6 is 0 Å². The average molecular weight is 366 g/mol. The molecule has 144 valence electrons. The second-order valence-electron chi connectivity index (χ2n) is 8.41. The van der Waals surface area contributed by atoms with Crippen LogP contribution in [0.5, 0.6) is 0 Å². The zero-order chi connectivity index (χ0) is 19.0. The summed E-state index contributed by atoms with van der Waals surface area (Å²) in [5, 5.41) is 11.7. The van der Waals surface area contributed by atoms with Gasteiger partial charge in [-0.3, -0.25) is 0 Å². The summed E-state index contributed by atoms with van der Waals surface area (Å²) in [5.74, 6) is 0.471. The van der Waals surface area contributed by atoms with E-state index in [1.807, 2.05) is 12.1 Å². The fourth-order valence-electron chi connectivity index (χ4n) is 5.00. The highest BCUT2D eigenvalue weighted by molar-refractivity contribution is 5.40. The van der Waals surface area contributed by atoms with Gasteiger partial charge in [0.25, 0.3) is 0 Å². The van der Waals surface area contributed by atoms with E-state index in [1.54, 1.807) is 0 Å². The third-order valence-electron chi connectivity index (χ3n) is 6.96. The largest absolute Gasteiger partial charge is 0.382 e. The molecule has 1 aromatic rings. The molecule has 4 rings (SSSR count). The molecule has 5 nitrogen and oxygen atoms in total. The molecule has 2 fully saturated rings. The highest BCUT2D eigenvalue weighted by Crippen LogP contribution is 2.52. The molecule has 1 saturated heterocycles. The molecule has 0 aromatic carbocycles. The number of rotatable bonds is 4. The summed E-state index contributed by atoms with van der Waals surface area (Å²) >= 11 is 0. The third kappa shape index (κ3) is 3.41. The molecule has 5 heteroatoms. The molecule has 0 amide bonds. The van der Waals surface area contributed by atoms with Crippen LogP contribution in [0.25, 0.3) is 0 Å². The highest BCUT2D eigenvalue weighted by atomic mass is 15.2. The predicted molar refractivity (Wildman–Crippen MR) is 110 cm³/mol. The van der Waals surface area contributed by atoms with E-state index in [0.717, 1.165) is 31.6 Å². The summed E-state index contributed by atoms with van der Waals surface area (Å²) in [6, 6.07) is 4.30. The Hall–Kier alpha value is -2.14. The van der Waals surface area contributed by atoms with E-state index >= 15 is 0 Å². The first-order chi connectivity index (χ1) is 13.0. The number of nitrogens with one attached hydrogen (secondary N) is 1. The summed E-state index contributed by atoms with van der Waals surface area (Å²) in [7, 11) is 0. The Balaban J connectivity index is 1.34. The summed E-state index contributed by atoms with van der Waals surface area (Å²) < 4.78 is 0. The van der Waals surface area contributed by atoms with Gasteiger partial charge in [-0.1, -0.05) is 18.7 Å². The van der Waals surface area contributed by atoms with E-state index in [2.05, 4.69) is 40.5 Å². The maximum absolute atomic E-state index is 5.60. The van der Waals surface area contributed by atoms with Crippen molar-refractivity contribution in [3.63, 3.8) is 0 Å². The molecule has 1 aliphatic heterocycles. The van der Waals surface area contributed by atoms with Crippen LogP contribution in [0.4, 0.5) is 5.82 Å². The van der Waals surface area contributed by atoms with Crippen molar-refractivity contribution in [1.82, 2.24) is 20.4 Å². The average Bonchev–Trinajstić information content (AvgIpc) is 3.16. The van der Waals surface area contributed by atoms with Crippen molar-refractivity contribution in [2.24, 2.45) is 5.41 Å². The number of nitrogens with two attached hydrogens (primary N) is 1. The van der Waals surface area contributed by atoms with Gasteiger partial charge in [-0.15, -0.1) is 5.10 Å². The molecule has 0 atom stereocenters. The molecule has 27 heavy (non-hydrogen) atoms. The van der Waals surface area contributed by atoms with Gasteiger partial charge in [-0.05, 0) is 69.6 Å². The van der Waals surface area contributed by atoms with Crippen molar-refractivity contribution in [3.8, 4) is 0 Å². The Morgan fingerprint density at radius 3 is 2.59 bits per heavy atom. The SMILES string of the molecule is C=C1CCC(N2CCC3(CCC(NCc4ccc(N)nn4)CC3)C2=C)=C1C. The number of allylic oxidation sites excluding steroid dienone is 4. The molecular formula is C22H31N5. The number of hydrogen-bond acceptors (Lipinski definition) is 5. The van der Waals surface area contributed by atoms with E-state index in [-0.39, 0.29) is 0 Å². The quantitative estimate of drug-likeness (QED) is 0.846. The minimum atomic E-state index is 0.302. The smallest absolute Gasteiger partial charge is 0.146 e. The number of nitrogen functional groups attached to an aromatic ring is 1. The second kappa shape index (κ2) is 7.12. The first kappa shape index (κ1) is 18.2. The summed E-state index contributed by atoms with van der Waals surface area (Å²) in [4.78, 5) is 2.52. The van der Waals surface area contributed by atoms with Crippen LogP contribution in [0.2, 0.25) is 0 Å². The molecule has 2 heterocycles. The van der Waals surface area contributed by atoms with Gasteiger partial charge in [-0.2, -0.15) is 5.10 Å². The fraction of sp³-hybridized carbons (Fsp3) is 0.545. The highest BCUT2D eigenvalue weighted by Gasteiger charge is 2.45. The zero-order valence-corrected chi connectivity index (χ0v) is 16.4. The van der Waals surface area contributed by atoms with Crippen molar-refractivity contribution in [2.75, 3.05) is 12.3 Å². The van der Waals surface area contributed by atoms with Gasteiger partial charge in [0, 0.05) is 35.9 Å². The molecular weight excluding hydrogens is 334 g/mol. The third-order valence-corrected chi connectivity index (χ3v) is 6.96. The lowest BCUT2D eigenvalue weighted by Crippen LogP contribution is -2.37. The second-order valence-corrected chi connectivity index (χ2v) is 8.41. The maximum atomic E-state index is 5.60. The van der Waals surface area contributed by atoms with Crippen molar-refractivity contribution >= 4 is 5.82 Å². The van der Waals surface area contributed by atoms with E-state index in [0.29, 0.717) is 17.3 Å². The first-order valence-electron chi connectivity index (χ1n) is 10.1. The van der Waals surface area contributed by atoms with Crippen LogP contribution < -0.4 is 11.1 Å². The first-order valence-corrected chi connectivity index (χ1v) is 10.1. The van der Waals surface area contributed by atoms with E-state index in [4.69, 9.17) is 5.73 Å². The van der Waals surface area contributed by atoms with Crippen molar-refractivity contribution in [1.29, 1.82) is 0 Å². The Bertz CT molecular complexity index is 768. The molecule has 0 unspecified atom stereocenters. The van der Waals surface area contributed by atoms with Crippen LogP contribution in [-0.2, 0) is 6.54 Å². The Labute approximate surface area is 162 Å². The Morgan fingerprint density at radius 2 is 1.96 bits per heavy atom. The number of nitrogens with zero attached hydrogens (tertiary/aromatic N) is 3. The summed E-state index contributed by atoms with van der Waals surface area (Å²) in [6.07, 6.45) is 8.32. The van der Waals surface area contributed by atoms with E-state index in [1.165, 1.54) is 54.6 Å². The van der Waals surface area contributed by atoms with E-state index in [9.17, 15) is 0 Å². The zero-order valence-electron chi connectivity index (χ0n) is 16.4. The van der Waals surface area contributed by atoms with Crippen molar-refractivity contribution in [3.05, 3.63) is 53.5 Å². The van der Waals surface area contributed by atoms with Crippen LogP contribution in [0.15, 0.2) is 47.8 Å². The normalized spacial score (nSPS) is 28.6. The molecule has 3 aliphatic rings. The lowest BCUT2D eigenvalue weighted by Gasteiger charge is -2.39. The van der Waals surface area contributed by atoms with Crippen molar-refractivity contribution < 1.29 is 0 Å². The maximum Gasteiger partial charge on any atom is 0.146 e. The minimum absolute atomic E-state index is 0.302. The summed E-state index contributed by atoms with van der Waals surface area (Å²) in [6.45, 7) is 12.9. The predicted octanol–water partition coefficient (Wildman–Crippen LogP) is 3.92. The monoisotopic (exact) mass is 365 g/mol. The number of anilines is 1. The molecule has 1 spiro atoms. The molecule has 0 bridgehead atoms. The Morgan fingerprint density at radius 1 is 1.19 bits per heavy atom. The fourth-order valence-corrected chi connectivity index (χ4v) is 5.00. The number of likely N-dealkylation sites (tertiary alicyclic amines) is 1. The van der Waals surface area contributed by atoms with Crippen LogP contribution in [0.1, 0.15) is 57.6 Å². The van der Waals surface area contributed by atoms with Crippen LogP contribution in [0, 0.1) is 5.41 Å². The number of aromatic nitrogens is 2. The van der Waals surface area contributed by atoms with Gasteiger partial charge in [0.15, 0.2) is 0 Å². The van der Waals surface area contributed by atoms with Gasteiger partial charge in [-0.25, -0.2) is 0 Å². The molecule has 1 saturated carbocycles. The van der Waals surface area contributed by atoms with Crippen molar-refractivity contribution in [2.45, 2.75) is 64.5 Å². The van der Waals surface area contributed by atoms with Gasteiger partial charge >= 0.3 is 0 Å². The number of hydrogen-bond donors (Lipinski definition) is 2. The van der Waals surface area contributed by atoms with E-state index < -0.39 is 0 Å². The van der Waals surface area contributed by atoms with Crippen LogP contribution in [-0.4, -0.2) is 27.7 Å². The lowest BCUT2D eigenvalue weighted by molar-refractivity contribution is 0.206. The minimum Gasteiger partial charge on any atom is -0.382 e. The van der Waals surface area contributed by atoms with Gasteiger partial charge in [0.2, 0.25) is 0 Å². The lowest BCUT2D eigenvalue weighted by atomic mass is 9.70. The van der Waals surface area contributed by atoms with Crippen LogP contribution in [0.3, 0.4) is 0 Å². The van der Waals surface area contributed by atoms with Gasteiger partial charge in [0.05, 0.1) is 5.69 Å². The molecule has 2 aliphatic carbocycles. The Kier molecular flexibility index (Phi) is 4.81. The summed E-state index contributed by atoms with van der Waals surface area (Å²) in [5.41, 5.74) is 12.4. The topological polar surface area (TPSA) is 67.1 Å². The molecule has 1 aromatic heterocycles. The molecule has 0 radical (unpaired) electrons. The molecule has 3 N–H and O–H groups in total. The van der Waals surface area contributed by atoms with Gasteiger partial charge in [0.1, 0.15) is 5.82 Å². The standard InChI is InChI=1S/C22H31N5/c1-15-4-6-20(16(15)2)27-13-12-22(17(27)3)10-8-18(9-11-22)24-14-19-5-7-21(23)26-25-19/h5,7,18,24H,1,3-4,6,8-14H2,2H3,(H2,23,26).